The molecule has 31 heavy (non-hydrogen) atoms. The minimum atomic E-state index is -0.253. The third-order valence-electron chi connectivity index (χ3n) is 5.36. The third kappa shape index (κ3) is 5.36. The maximum Gasteiger partial charge on any atom is 0.315 e. The van der Waals surface area contributed by atoms with Crippen LogP contribution in [0.1, 0.15) is 30.5 Å². The van der Waals surface area contributed by atoms with Crippen molar-refractivity contribution in [2.24, 2.45) is 0 Å². The molecular weight excluding hydrogens is 392 g/mol. The summed E-state index contributed by atoms with van der Waals surface area (Å²) < 4.78 is 13.2. The Hall–Kier alpha value is -3.48. The monoisotopic (exact) mass is 420 g/mol. The van der Waals surface area contributed by atoms with Crippen LogP contribution in [0, 0.1) is 0 Å². The van der Waals surface area contributed by atoms with Crippen molar-refractivity contribution in [3.63, 3.8) is 0 Å². The van der Waals surface area contributed by atoms with Gasteiger partial charge in [-0.2, -0.15) is 5.10 Å². The highest BCUT2D eigenvalue weighted by molar-refractivity contribution is 5.74. The molecule has 4 rings (SSSR count). The predicted molar refractivity (Wildman–Crippen MR) is 118 cm³/mol. The maximum absolute atomic E-state index is 12.4. The zero-order chi connectivity index (χ0) is 21.7. The lowest BCUT2D eigenvalue weighted by molar-refractivity contribution is 0.171. The second-order valence-electron chi connectivity index (χ2n) is 8.30. The molecule has 0 radical (unpaired) electrons. The van der Waals surface area contributed by atoms with Crippen LogP contribution in [-0.4, -0.2) is 35.6 Å². The summed E-state index contributed by atoms with van der Waals surface area (Å²) in [5.74, 6) is 1.53. The van der Waals surface area contributed by atoms with Crippen molar-refractivity contribution in [3.05, 3.63) is 77.6 Å². The summed E-state index contributed by atoms with van der Waals surface area (Å²) in [6, 6.07) is 15.8. The number of hydrogen-bond donors (Lipinski definition) is 2. The van der Waals surface area contributed by atoms with Gasteiger partial charge in [-0.05, 0) is 34.9 Å². The average molecular weight is 421 g/mol. The fourth-order valence-electron chi connectivity index (χ4n) is 3.53. The van der Waals surface area contributed by atoms with E-state index in [-0.39, 0.29) is 11.4 Å². The Morgan fingerprint density at radius 2 is 1.84 bits per heavy atom. The van der Waals surface area contributed by atoms with E-state index in [0.717, 1.165) is 28.2 Å². The molecule has 2 N–H and O–H groups in total. The fourth-order valence-corrected chi connectivity index (χ4v) is 3.53. The van der Waals surface area contributed by atoms with E-state index in [1.165, 1.54) is 0 Å². The van der Waals surface area contributed by atoms with Crippen LogP contribution < -0.4 is 20.1 Å². The first-order valence-electron chi connectivity index (χ1n) is 10.5. The Balaban J connectivity index is 1.29. The van der Waals surface area contributed by atoms with Crippen LogP contribution in [0.4, 0.5) is 4.79 Å². The van der Waals surface area contributed by atoms with Crippen molar-refractivity contribution in [1.29, 1.82) is 0 Å². The minimum absolute atomic E-state index is 0.192. The summed E-state index contributed by atoms with van der Waals surface area (Å²) in [7, 11) is 0. The van der Waals surface area contributed by atoms with Gasteiger partial charge in [0.25, 0.3) is 0 Å². The van der Waals surface area contributed by atoms with Gasteiger partial charge in [0, 0.05) is 30.9 Å². The molecule has 2 aromatic carbocycles. The Bertz CT molecular complexity index is 1030. The van der Waals surface area contributed by atoms with E-state index in [4.69, 9.17) is 9.47 Å². The molecule has 1 aliphatic rings. The molecule has 0 spiro atoms. The first kappa shape index (κ1) is 20.8. The lowest BCUT2D eigenvalue weighted by atomic mass is 9.84. The third-order valence-corrected chi connectivity index (χ3v) is 5.36. The fraction of sp³-hybridized carbons (Fsp3) is 0.333. The molecule has 2 amide bonds. The quantitative estimate of drug-likeness (QED) is 0.614. The Morgan fingerprint density at radius 1 is 1.03 bits per heavy atom. The van der Waals surface area contributed by atoms with Gasteiger partial charge in [0.15, 0.2) is 11.5 Å². The Kier molecular flexibility index (Phi) is 6.11. The molecule has 1 aromatic heterocycles. The van der Waals surface area contributed by atoms with Gasteiger partial charge in [-0.3, -0.25) is 4.68 Å². The minimum Gasteiger partial charge on any atom is -0.486 e. The number of nitrogens with zero attached hydrogens (tertiary/aromatic N) is 2. The van der Waals surface area contributed by atoms with Crippen LogP contribution in [0.5, 0.6) is 11.5 Å². The number of carbonyl (C=O) groups is 1. The molecule has 0 saturated carbocycles. The van der Waals surface area contributed by atoms with Gasteiger partial charge in [-0.15, -0.1) is 0 Å². The van der Waals surface area contributed by atoms with E-state index in [1.54, 1.807) is 6.20 Å². The van der Waals surface area contributed by atoms with Crippen LogP contribution in [0.2, 0.25) is 0 Å². The molecule has 7 heteroatoms. The number of ether oxygens (including phenoxy) is 2. The smallest absolute Gasteiger partial charge is 0.315 e. The Morgan fingerprint density at radius 3 is 2.65 bits per heavy atom. The zero-order valence-corrected chi connectivity index (χ0v) is 17.9. The molecular formula is C24H28N4O3. The largest absolute Gasteiger partial charge is 0.486 e. The predicted octanol–water partition coefficient (Wildman–Crippen LogP) is 3.48. The first-order valence-corrected chi connectivity index (χ1v) is 10.5. The number of carbonyl (C=O) groups excluding carboxylic acids is 1. The second kappa shape index (κ2) is 9.12. The number of aromatic nitrogens is 2. The average Bonchev–Trinajstić information content (AvgIpc) is 3.29. The van der Waals surface area contributed by atoms with Gasteiger partial charge in [0.2, 0.25) is 0 Å². The van der Waals surface area contributed by atoms with Gasteiger partial charge in [0.05, 0.1) is 6.54 Å². The van der Waals surface area contributed by atoms with Crippen LogP contribution >= 0.6 is 0 Å². The molecule has 3 aromatic rings. The van der Waals surface area contributed by atoms with Crippen molar-refractivity contribution in [2.75, 3.05) is 19.8 Å². The lowest BCUT2D eigenvalue weighted by Crippen LogP contribution is -2.42. The van der Waals surface area contributed by atoms with Crippen LogP contribution in [0.15, 0.2) is 60.9 Å². The van der Waals surface area contributed by atoms with Crippen molar-refractivity contribution in [3.8, 4) is 11.5 Å². The van der Waals surface area contributed by atoms with E-state index in [0.29, 0.717) is 32.8 Å². The number of hydrogen-bond acceptors (Lipinski definition) is 4. The number of rotatable bonds is 7. The van der Waals surface area contributed by atoms with Gasteiger partial charge >= 0.3 is 6.03 Å². The molecule has 2 heterocycles. The normalized spacial score (nSPS) is 13.0. The zero-order valence-electron chi connectivity index (χ0n) is 17.9. The summed E-state index contributed by atoms with van der Waals surface area (Å²) in [6.07, 6.45) is 3.70. The van der Waals surface area contributed by atoms with Gasteiger partial charge in [-0.1, -0.05) is 44.2 Å². The molecule has 0 fully saturated rings. The summed E-state index contributed by atoms with van der Waals surface area (Å²) in [5.41, 5.74) is 3.02. The molecule has 162 valence electrons. The molecule has 0 aliphatic carbocycles. The van der Waals surface area contributed by atoms with Crippen molar-refractivity contribution >= 4 is 6.03 Å². The SMILES string of the molecule is CC(C)(CNC(=O)NCc1cccc(Cn2cccn2)c1)c1ccc2c(c1)OCCO2. The molecule has 0 unspecified atom stereocenters. The van der Waals surface area contributed by atoms with Crippen LogP contribution in [0.25, 0.3) is 0 Å². The molecule has 1 aliphatic heterocycles. The van der Waals surface area contributed by atoms with Crippen LogP contribution in [-0.2, 0) is 18.5 Å². The highest BCUT2D eigenvalue weighted by atomic mass is 16.6. The van der Waals surface area contributed by atoms with E-state index < -0.39 is 0 Å². The standard InChI is InChI=1S/C24H28N4O3/c1-24(2,20-7-8-21-22(14-20)31-12-11-30-21)17-26-23(29)25-15-18-5-3-6-19(13-18)16-28-10-4-9-27-28/h3-10,13-14H,11-12,15-17H2,1-2H3,(H2,25,26,29). The number of urea groups is 1. The first-order chi connectivity index (χ1) is 15.0. The Labute approximate surface area is 182 Å². The molecule has 0 atom stereocenters. The number of amides is 2. The van der Waals surface area contributed by atoms with E-state index >= 15 is 0 Å². The highest BCUT2D eigenvalue weighted by Crippen LogP contribution is 2.34. The summed E-state index contributed by atoms with van der Waals surface area (Å²) in [4.78, 5) is 12.4. The van der Waals surface area contributed by atoms with Crippen molar-refractivity contribution in [2.45, 2.75) is 32.4 Å². The van der Waals surface area contributed by atoms with Crippen molar-refractivity contribution < 1.29 is 14.3 Å². The van der Waals surface area contributed by atoms with E-state index in [2.05, 4.69) is 41.7 Å². The van der Waals surface area contributed by atoms with Crippen LogP contribution in [0.3, 0.4) is 0 Å². The number of nitrogens with one attached hydrogen (secondary N) is 2. The molecule has 0 bridgehead atoms. The second-order valence-corrected chi connectivity index (χ2v) is 8.30. The lowest BCUT2D eigenvalue weighted by Gasteiger charge is -2.28. The van der Waals surface area contributed by atoms with Crippen molar-refractivity contribution in [1.82, 2.24) is 20.4 Å². The maximum atomic E-state index is 12.4. The summed E-state index contributed by atoms with van der Waals surface area (Å²) >= 11 is 0. The number of fused-ring (bicyclic) bond motifs is 1. The van der Waals surface area contributed by atoms with E-state index in [9.17, 15) is 4.79 Å². The van der Waals surface area contributed by atoms with Gasteiger partial charge < -0.3 is 20.1 Å². The van der Waals surface area contributed by atoms with E-state index in [1.807, 2.05) is 47.3 Å². The molecule has 0 saturated heterocycles. The summed E-state index contributed by atoms with van der Waals surface area (Å²) in [5, 5.41) is 10.2. The topological polar surface area (TPSA) is 77.4 Å². The van der Waals surface area contributed by atoms with Gasteiger partial charge in [-0.25, -0.2) is 4.79 Å². The van der Waals surface area contributed by atoms with Gasteiger partial charge in [0.1, 0.15) is 13.2 Å². The molecule has 7 nitrogen and oxygen atoms in total. The summed E-state index contributed by atoms with van der Waals surface area (Å²) in [6.45, 7) is 6.98. The number of benzene rings is 2. The highest BCUT2D eigenvalue weighted by Gasteiger charge is 2.24.